The highest BCUT2D eigenvalue weighted by atomic mass is 35.5. The number of sulfonamides is 1. The minimum atomic E-state index is -3.77. The molecule has 0 bridgehead atoms. The first-order valence-corrected chi connectivity index (χ1v) is 9.23. The lowest BCUT2D eigenvalue weighted by Gasteiger charge is -2.07. The smallest absolute Gasteiger partial charge is 0.241 e. The van der Waals surface area contributed by atoms with Gasteiger partial charge in [-0.25, -0.2) is 17.8 Å². The molecule has 0 aliphatic heterocycles. The van der Waals surface area contributed by atoms with Crippen molar-refractivity contribution in [1.29, 1.82) is 0 Å². The first-order valence-electron chi connectivity index (χ1n) is 6.99. The molecule has 0 saturated heterocycles. The van der Waals surface area contributed by atoms with Gasteiger partial charge in [-0.2, -0.15) is 5.10 Å². The van der Waals surface area contributed by atoms with Crippen LogP contribution in [0.3, 0.4) is 0 Å². The van der Waals surface area contributed by atoms with Crippen LogP contribution in [0.25, 0.3) is 5.69 Å². The van der Waals surface area contributed by atoms with Gasteiger partial charge in [-0.1, -0.05) is 41.4 Å². The number of hydrogen-bond donors (Lipinski definition) is 1. The van der Waals surface area contributed by atoms with Gasteiger partial charge in [-0.15, -0.1) is 0 Å². The first-order chi connectivity index (χ1) is 11.5. The lowest BCUT2D eigenvalue weighted by Crippen LogP contribution is -2.23. The number of halogens is 2. The normalized spacial score (nSPS) is 11.6. The predicted octanol–water partition coefficient (Wildman–Crippen LogP) is 3.66. The summed E-state index contributed by atoms with van der Waals surface area (Å²) in [6.45, 7) is 0.0952. The number of benzene rings is 2. The van der Waals surface area contributed by atoms with Crippen LogP contribution in [-0.4, -0.2) is 18.2 Å². The van der Waals surface area contributed by atoms with Crippen LogP contribution in [-0.2, 0) is 16.6 Å². The second kappa shape index (κ2) is 6.94. The summed E-state index contributed by atoms with van der Waals surface area (Å²) in [7, 11) is -3.77. The Hall–Kier alpha value is -1.86. The van der Waals surface area contributed by atoms with Crippen LogP contribution in [0, 0.1) is 0 Å². The number of nitrogens with one attached hydrogen (secondary N) is 1. The minimum absolute atomic E-state index is 0.0490. The Kier molecular flexibility index (Phi) is 4.91. The average Bonchev–Trinajstić information content (AvgIpc) is 3.05. The summed E-state index contributed by atoms with van der Waals surface area (Å²) in [6.07, 6.45) is 3.37. The Balaban J connectivity index is 1.76. The van der Waals surface area contributed by atoms with Crippen molar-refractivity contribution in [3.63, 3.8) is 0 Å². The van der Waals surface area contributed by atoms with Gasteiger partial charge >= 0.3 is 0 Å². The molecule has 8 heteroatoms. The molecule has 5 nitrogen and oxygen atoms in total. The lowest BCUT2D eigenvalue weighted by atomic mass is 10.3. The molecule has 124 valence electrons. The van der Waals surface area contributed by atoms with E-state index >= 15 is 0 Å². The molecule has 1 heterocycles. The van der Waals surface area contributed by atoms with Crippen LogP contribution in [0.5, 0.6) is 0 Å². The van der Waals surface area contributed by atoms with Gasteiger partial charge in [0.05, 0.1) is 16.9 Å². The molecule has 0 aliphatic rings. The van der Waals surface area contributed by atoms with Crippen molar-refractivity contribution in [1.82, 2.24) is 14.5 Å². The third-order valence-corrected chi connectivity index (χ3v) is 5.42. The molecule has 3 aromatic rings. The van der Waals surface area contributed by atoms with Crippen LogP contribution in [0.2, 0.25) is 10.0 Å². The van der Waals surface area contributed by atoms with Gasteiger partial charge in [-0.3, -0.25) is 0 Å². The fraction of sp³-hybridized carbons (Fsp3) is 0.0625. The standard InChI is InChI=1S/C16H13Cl2N3O2S/c17-13-6-7-15(18)16(8-13)24(22,23)20-10-12-9-19-21(11-12)14-4-2-1-3-5-14/h1-9,11,20H,10H2. The van der Waals surface area contributed by atoms with Crippen LogP contribution >= 0.6 is 23.2 Å². The van der Waals surface area contributed by atoms with Crippen molar-refractivity contribution < 1.29 is 8.42 Å². The summed E-state index contributed by atoms with van der Waals surface area (Å²) in [4.78, 5) is -0.0490. The Morgan fingerprint density at radius 1 is 1.08 bits per heavy atom. The van der Waals surface area contributed by atoms with E-state index in [4.69, 9.17) is 23.2 Å². The van der Waals surface area contributed by atoms with Crippen LogP contribution in [0.15, 0.2) is 65.8 Å². The van der Waals surface area contributed by atoms with Crippen LogP contribution < -0.4 is 4.72 Å². The lowest BCUT2D eigenvalue weighted by molar-refractivity contribution is 0.581. The molecule has 0 aliphatic carbocycles. The molecule has 0 fully saturated rings. The van der Waals surface area contributed by atoms with Crippen molar-refractivity contribution in [3.05, 3.63) is 76.5 Å². The quantitative estimate of drug-likeness (QED) is 0.733. The number of aromatic nitrogens is 2. The Morgan fingerprint density at radius 3 is 2.58 bits per heavy atom. The van der Waals surface area contributed by atoms with E-state index in [1.807, 2.05) is 30.3 Å². The fourth-order valence-electron chi connectivity index (χ4n) is 2.11. The van der Waals surface area contributed by atoms with Crippen molar-refractivity contribution in [2.75, 3.05) is 0 Å². The SMILES string of the molecule is O=S(=O)(NCc1cnn(-c2ccccc2)c1)c1cc(Cl)ccc1Cl. The summed E-state index contributed by atoms with van der Waals surface area (Å²) in [5.41, 5.74) is 1.62. The van der Waals surface area contributed by atoms with Gasteiger partial charge in [0.1, 0.15) is 4.90 Å². The van der Waals surface area contributed by atoms with E-state index in [2.05, 4.69) is 9.82 Å². The molecule has 0 unspecified atom stereocenters. The van der Waals surface area contributed by atoms with E-state index in [-0.39, 0.29) is 16.5 Å². The van der Waals surface area contributed by atoms with E-state index in [0.29, 0.717) is 5.02 Å². The van der Waals surface area contributed by atoms with Crippen molar-refractivity contribution in [2.24, 2.45) is 0 Å². The molecular weight excluding hydrogens is 369 g/mol. The zero-order valence-electron chi connectivity index (χ0n) is 12.4. The first kappa shape index (κ1) is 17.0. The highest BCUT2D eigenvalue weighted by Gasteiger charge is 2.18. The van der Waals surface area contributed by atoms with E-state index in [1.165, 1.54) is 18.2 Å². The molecule has 2 aromatic carbocycles. The van der Waals surface area contributed by atoms with E-state index in [0.717, 1.165) is 11.3 Å². The van der Waals surface area contributed by atoms with Crippen molar-refractivity contribution in [2.45, 2.75) is 11.4 Å². The Labute approximate surface area is 149 Å². The molecule has 0 atom stereocenters. The van der Waals surface area contributed by atoms with Gasteiger partial charge in [-0.05, 0) is 30.3 Å². The molecule has 1 N–H and O–H groups in total. The number of para-hydroxylation sites is 1. The summed E-state index contributed by atoms with van der Waals surface area (Å²) in [5, 5.41) is 4.65. The largest absolute Gasteiger partial charge is 0.242 e. The Morgan fingerprint density at radius 2 is 1.83 bits per heavy atom. The minimum Gasteiger partial charge on any atom is -0.241 e. The molecule has 3 rings (SSSR count). The fourth-order valence-corrected chi connectivity index (χ4v) is 3.89. The highest BCUT2D eigenvalue weighted by Crippen LogP contribution is 2.25. The average molecular weight is 382 g/mol. The van der Waals surface area contributed by atoms with E-state index in [1.54, 1.807) is 17.1 Å². The second-order valence-electron chi connectivity index (χ2n) is 5.03. The topological polar surface area (TPSA) is 64.0 Å². The third-order valence-electron chi connectivity index (χ3n) is 3.31. The summed E-state index contributed by atoms with van der Waals surface area (Å²) in [5.74, 6) is 0. The number of hydrogen-bond acceptors (Lipinski definition) is 3. The molecule has 0 amide bonds. The van der Waals surface area contributed by atoms with Crippen LogP contribution in [0.1, 0.15) is 5.56 Å². The predicted molar refractivity (Wildman–Crippen MR) is 94.1 cm³/mol. The highest BCUT2D eigenvalue weighted by molar-refractivity contribution is 7.89. The molecule has 0 saturated carbocycles. The van der Waals surface area contributed by atoms with Gasteiger partial charge in [0.2, 0.25) is 10.0 Å². The molecular formula is C16H13Cl2N3O2S. The summed E-state index contributed by atoms with van der Waals surface area (Å²) >= 11 is 11.8. The third kappa shape index (κ3) is 3.79. The zero-order chi connectivity index (χ0) is 17.2. The maximum Gasteiger partial charge on any atom is 0.242 e. The van der Waals surface area contributed by atoms with Gasteiger partial charge in [0.15, 0.2) is 0 Å². The monoisotopic (exact) mass is 381 g/mol. The van der Waals surface area contributed by atoms with Gasteiger partial charge in [0, 0.05) is 23.3 Å². The summed E-state index contributed by atoms with van der Waals surface area (Å²) < 4.78 is 28.9. The molecule has 24 heavy (non-hydrogen) atoms. The van der Waals surface area contributed by atoms with Crippen LogP contribution in [0.4, 0.5) is 0 Å². The van der Waals surface area contributed by atoms with E-state index in [9.17, 15) is 8.42 Å². The molecule has 0 radical (unpaired) electrons. The summed E-state index contributed by atoms with van der Waals surface area (Å²) in [6, 6.07) is 13.8. The maximum atomic E-state index is 12.4. The van der Waals surface area contributed by atoms with Crippen molar-refractivity contribution in [3.8, 4) is 5.69 Å². The van der Waals surface area contributed by atoms with Gasteiger partial charge < -0.3 is 0 Å². The van der Waals surface area contributed by atoms with Gasteiger partial charge in [0.25, 0.3) is 0 Å². The number of nitrogens with zero attached hydrogens (tertiary/aromatic N) is 2. The molecule has 0 spiro atoms. The molecule has 1 aromatic heterocycles. The van der Waals surface area contributed by atoms with Crippen molar-refractivity contribution >= 4 is 33.2 Å². The second-order valence-corrected chi connectivity index (χ2v) is 7.61. The Bertz CT molecular complexity index is 956. The van der Waals surface area contributed by atoms with E-state index < -0.39 is 10.0 Å². The maximum absolute atomic E-state index is 12.4. The zero-order valence-corrected chi connectivity index (χ0v) is 14.7. The number of rotatable bonds is 5.